The van der Waals surface area contributed by atoms with E-state index in [4.69, 9.17) is 23.2 Å². The molecule has 0 unspecified atom stereocenters. The third-order valence-electron chi connectivity index (χ3n) is 3.43. The van der Waals surface area contributed by atoms with Gasteiger partial charge in [-0.25, -0.2) is 0 Å². The Bertz CT molecular complexity index is 458. The highest BCUT2D eigenvalue weighted by atomic mass is 35.5. The van der Waals surface area contributed by atoms with E-state index < -0.39 is 4.33 Å². The molecule has 0 aromatic heterocycles. The molecular formula is C14H15Cl2NO. The van der Waals surface area contributed by atoms with Crippen LogP contribution in [0.1, 0.15) is 12.5 Å². The van der Waals surface area contributed by atoms with Gasteiger partial charge in [0.25, 0.3) is 5.91 Å². The van der Waals surface area contributed by atoms with Gasteiger partial charge >= 0.3 is 0 Å². The minimum absolute atomic E-state index is 0.0507. The second-order valence-electron chi connectivity index (χ2n) is 4.54. The van der Waals surface area contributed by atoms with Crippen LogP contribution in [0.3, 0.4) is 0 Å². The molecule has 1 aromatic carbocycles. The number of hydrogen-bond acceptors (Lipinski definition) is 1. The number of nitrogens with zero attached hydrogens (tertiary/aromatic N) is 1. The van der Waals surface area contributed by atoms with Crippen LogP contribution in [0.25, 0.3) is 0 Å². The molecule has 0 N–H and O–H groups in total. The summed E-state index contributed by atoms with van der Waals surface area (Å²) < 4.78 is -1.39. The van der Waals surface area contributed by atoms with Crippen LogP contribution in [0.5, 0.6) is 0 Å². The van der Waals surface area contributed by atoms with Crippen LogP contribution < -0.4 is 0 Å². The van der Waals surface area contributed by atoms with Crippen LogP contribution in [-0.2, 0) is 11.3 Å². The van der Waals surface area contributed by atoms with Crippen molar-refractivity contribution in [2.45, 2.75) is 23.8 Å². The molecule has 1 saturated heterocycles. The molecule has 0 bridgehead atoms. The van der Waals surface area contributed by atoms with Gasteiger partial charge in [-0.05, 0) is 12.5 Å². The second-order valence-corrected chi connectivity index (χ2v) is 5.93. The summed E-state index contributed by atoms with van der Waals surface area (Å²) in [7, 11) is 0. The maximum atomic E-state index is 12.2. The summed E-state index contributed by atoms with van der Waals surface area (Å²) >= 11 is 12.3. The highest BCUT2D eigenvalue weighted by Gasteiger charge is 2.54. The molecule has 18 heavy (non-hydrogen) atoms. The smallest absolute Gasteiger partial charge is 0.260 e. The van der Waals surface area contributed by atoms with Crippen molar-refractivity contribution in [3.63, 3.8) is 0 Å². The number of hydrogen-bond donors (Lipinski definition) is 0. The van der Waals surface area contributed by atoms with Gasteiger partial charge in [-0.2, -0.15) is 0 Å². The first-order valence-electron chi connectivity index (χ1n) is 5.84. The number of carbonyl (C=O) groups is 1. The van der Waals surface area contributed by atoms with E-state index in [0.29, 0.717) is 6.54 Å². The molecule has 1 heterocycles. The van der Waals surface area contributed by atoms with Crippen molar-refractivity contribution in [1.29, 1.82) is 0 Å². The van der Waals surface area contributed by atoms with E-state index in [2.05, 4.69) is 6.58 Å². The second kappa shape index (κ2) is 4.94. The summed E-state index contributed by atoms with van der Waals surface area (Å²) in [5, 5.41) is 0. The summed E-state index contributed by atoms with van der Waals surface area (Å²) in [6, 6.07) is 9.74. The molecule has 2 nitrogen and oxygen atoms in total. The Kier molecular flexibility index (Phi) is 3.69. The van der Waals surface area contributed by atoms with Crippen LogP contribution in [0, 0.1) is 5.92 Å². The number of rotatable bonds is 3. The molecule has 0 radical (unpaired) electrons. The van der Waals surface area contributed by atoms with E-state index in [-0.39, 0.29) is 17.9 Å². The van der Waals surface area contributed by atoms with E-state index in [0.717, 1.165) is 5.56 Å². The SMILES string of the molecule is C=C[C@H]1[C@H](C)N(Cc2ccccc2)C(=O)C1(Cl)Cl. The van der Waals surface area contributed by atoms with Crippen LogP contribution >= 0.6 is 23.2 Å². The predicted molar refractivity (Wildman–Crippen MR) is 74.6 cm³/mol. The fourth-order valence-electron chi connectivity index (χ4n) is 2.36. The molecule has 0 aliphatic carbocycles. The molecule has 4 heteroatoms. The third kappa shape index (κ3) is 2.15. The first-order valence-corrected chi connectivity index (χ1v) is 6.59. The highest BCUT2D eigenvalue weighted by molar-refractivity contribution is 6.59. The standard InChI is InChI=1S/C14H15Cl2NO/c1-3-12-10(2)17(13(18)14(12,15)16)9-11-7-5-4-6-8-11/h3-8,10,12H,1,9H2,2H3/t10-,12-/m0/s1. The van der Waals surface area contributed by atoms with E-state index in [1.807, 2.05) is 37.3 Å². The molecule has 1 aromatic rings. The first-order chi connectivity index (χ1) is 8.48. The van der Waals surface area contributed by atoms with Crippen molar-refractivity contribution in [3.05, 3.63) is 48.6 Å². The molecule has 1 aliphatic heterocycles. The quantitative estimate of drug-likeness (QED) is 0.615. The molecule has 2 atom stereocenters. The van der Waals surface area contributed by atoms with Gasteiger partial charge in [-0.15, -0.1) is 6.58 Å². The Morgan fingerprint density at radius 1 is 1.39 bits per heavy atom. The number of halogens is 2. The van der Waals surface area contributed by atoms with E-state index in [1.165, 1.54) is 0 Å². The zero-order valence-electron chi connectivity index (χ0n) is 10.1. The van der Waals surface area contributed by atoms with Gasteiger partial charge in [0.05, 0.1) is 0 Å². The lowest BCUT2D eigenvalue weighted by Crippen LogP contribution is -2.34. The Hall–Kier alpha value is -0.990. The number of amides is 1. The lowest BCUT2D eigenvalue weighted by atomic mass is 10.0. The lowest BCUT2D eigenvalue weighted by Gasteiger charge is -2.23. The molecule has 96 valence electrons. The Morgan fingerprint density at radius 2 is 2.00 bits per heavy atom. The third-order valence-corrected chi connectivity index (χ3v) is 4.25. The number of alkyl halides is 2. The molecule has 2 rings (SSSR count). The molecular weight excluding hydrogens is 269 g/mol. The molecule has 0 spiro atoms. The van der Waals surface area contributed by atoms with E-state index in [9.17, 15) is 4.79 Å². The Balaban J connectivity index is 2.24. The van der Waals surface area contributed by atoms with Crippen molar-refractivity contribution in [3.8, 4) is 0 Å². The Labute approximate surface area is 117 Å². The van der Waals surface area contributed by atoms with Crippen LogP contribution in [-0.4, -0.2) is 21.2 Å². The summed E-state index contributed by atoms with van der Waals surface area (Å²) in [5.41, 5.74) is 1.06. The summed E-state index contributed by atoms with van der Waals surface area (Å²) in [6.45, 7) is 6.18. The van der Waals surface area contributed by atoms with Gasteiger partial charge in [0.1, 0.15) is 0 Å². The minimum Gasteiger partial charge on any atom is -0.332 e. The first kappa shape index (κ1) is 13.4. The van der Waals surface area contributed by atoms with Crippen LogP contribution in [0.4, 0.5) is 0 Å². The average molecular weight is 284 g/mol. The fourth-order valence-corrected chi connectivity index (χ4v) is 3.12. The van der Waals surface area contributed by atoms with Gasteiger partial charge in [0, 0.05) is 18.5 Å². The minimum atomic E-state index is -1.39. The zero-order valence-corrected chi connectivity index (χ0v) is 11.7. The van der Waals surface area contributed by atoms with E-state index >= 15 is 0 Å². The summed E-state index contributed by atoms with van der Waals surface area (Å²) in [4.78, 5) is 13.9. The average Bonchev–Trinajstić information content (AvgIpc) is 2.51. The largest absolute Gasteiger partial charge is 0.332 e. The fraction of sp³-hybridized carbons (Fsp3) is 0.357. The van der Waals surface area contributed by atoms with Gasteiger partial charge in [0.15, 0.2) is 0 Å². The number of carbonyl (C=O) groups excluding carboxylic acids is 1. The maximum Gasteiger partial charge on any atom is 0.260 e. The summed E-state index contributed by atoms with van der Waals surface area (Å²) in [5.74, 6) is -0.496. The van der Waals surface area contributed by atoms with Crippen molar-refractivity contribution >= 4 is 29.1 Å². The van der Waals surface area contributed by atoms with Crippen LogP contribution in [0.2, 0.25) is 0 Å². The van der Waals surface area contributed by atoms with Crippen molar-refractivity contribution in [1.82, 2.24) is 4.90 Å². The van der Waals surface area contributed by atoms with E-state index in [1.54, 1.807) is 11.0 Å². The molecule has 0 saturated carbocycles. The molecule has 1 fully saturated rings. The van der Waals surface area contributed by atoms with Crippen molar-refractivity contribution < 1.29 is 4.79 Å². The molecule has 1 aliphatic rings. The lowest BCUT2D eigenvalue weighted by molar-refractivity contribution is -0.129. The number of likely N-dealkylation sites (tertiary alicyclic amines) is 1. The summed E-state index contributed by atoms with van der Waals surface area (Å²) in [6.07, 6.45) is 1.66. The highest BCUT2D eigenvalue weighted by Crippen LogP contribution is 2.44. The van der Waals surface area contributed by atoms with Gasteiger partial charge in [-0.3, -0.25) is 4.79 Å². The molecule has 1 amide bonds. The maximum absolute atomic E-state index is 12.2. The van der Waals surface area contributed by atoms with Gasteiger partial charge in [-0.1, -0.05) is 59.6 Å². The Morgan fingerprint density at radius 3 is 2.50 bits per heavy atom. The topological polar surface area (TPSA) is 20.3 Å². The monoisotopic (exact) mass is 283 g/mol. The van der Waals surface area contributed by atoms with Gasteiger partial charge < -0.3 is 4.90 Å². The number of benzene rings is 1. The normalized spacial score (nSPS) is 26.4. The van der Waals surface area contributed by atoms with Gasteiger partial charge in [0.2, 0.25) is 4.33 Å². The predicted octanol–water partition coefficient (Wildman–Crippen LogP) is 3.39. The van der Waals surface area contributed by atoms with Crippen molar-refractivity contribution in [2.75, 3.05) is 0 Å². The zero-order chi connectivity index (χ0) is 13.3. The van der Waals surface area contributed by atoms with Crippen molar-refractivity contribution in [2.24, 2.45) is 5.92 Å². The van der Waals surface area contributed by atoms with Crippen LogP contribution in [0.15, 0.2) is 43.0 Å².